The van der Waals surface area contributed by atoms with E-state index < -0.39 is 0 Å². The Bertz CT molecular complexity index is 855. The van der Waals surface area contributed by atoms with E-state index in [1.54, 1.807) is 0 Å². The van der Waals surface area contributed by atoms with Gasteiger partial charge in [0.05, 0.1) is 17.8 Å². The predicted molar refractivity (Wildman–Crippen MR) is 104 cm³/mol. The van der Waals surface area contributed by atoms with Crippen molar-refractivity contribution in [2.24, 2.45) is 0 Å². The number of fused-ring (bicyclic) bond motifs is 1. The molecule has 0 aliphatic carbocycles. The Morgan fingerprint density at radius 2 is 1.80 bits per heavy atom. The van der Waals surface area contributed by atoms with Crippen LogP contribution < -0.4 is 9.64 Å². The SMILES string of the molecule is CCOc1ccc2ncc(-c3ccccc3)c(N3CCCCC3)c2c1. The van der Waals surface area contributed by atoms with Crippen molar-refractivity contribution in [1.82, 2.24) is 4.98 Å². The third kappa shape index (κ3) is 3.19. The molecule has 0 radical (unpaired) electrons. The standard InChI is InChI=1S/C22H24N2O/c1-2-25-18-11-12-21-19(15-18)22(24-13-7-4-8-14-24)20(16-23-21)17-9-5-3-6-10-17/h3,5-6,9-12,15-16H,2,4,7-8,13-14H2,1H3. The predicted octanol–water partition coefficient (Wildman–Crippen LogP) is 5.29. The maximum atomic E-state index is 5.76. The molecule has 0 amide bonds. The molecule has 1 fully saturated rings. The van der Waals surface area contributed by atoms with Gasteiger partial charge in [0, 0.05) is 30.2 Å². The molecule has 25 heavy (non-hydrogen) atoms. The number of ether oxygens (including phenoxy) is 1. The van der Waals surface area contributed by atoms with Crippen molar-refractivity contribution < 1.29 is 4.74 Å². The largest absolute Gasteiger partial charge is 0.494 e. The molecule has 2 heterocycles. The van der Waals surface area contributed by atoms with Gasteiger partial charge in [-0.15, -0.1) is 0 Å². The number of piperidine rings is 1. The fourth-order valence-corrected chi connectivity index (χ4v) is 3.70. The molecule has 0 atom stereocenters. The van der Waals surface area contributed by atoms with Gasteiger partial charge in [-0.05, 0) is 49.9 Å². The zero-order chi connectivity index (χ0) is 17.1. The van der Waals surface area contributed by atoms with Crippen LogP contribution in [0.5, 0.6) is 5.75 Å². The monoisotopic (exact) mass is 332 g/mol. The number of benzene rings is 2. The van der Waals surface area contributed by atoms with Gasteiger partial charge in [0.1, 0.15) is 5.75 Å². The van der Waals surface area contributed by atoms with E-state index in [0.717, 1.165) is 24.4 Å². The Labute approximate surface area is 149 Å². The van der Waals surface area contributed by atoms with Crippen molar-refractivity contribution in [3.63, 3.8) is 0 Å². The Hall–Kier alpha value is -2.55. The van der Waals surface area contributed by atoms with E-state index in [0.29, 0.717) is 6.61 Å². The summed E-state index contributed by atoms with van der Waals surface area (Å²) in [5.74, 6) is 0.917. The molecule has 4 rings (SSSR count). The normalized spacial score (nSPS) is 14.7. The first-order valence-corrected chi connectivity index (χ1v) is 9.23. The molecule has 0 saturated carbocycles. The summed E-state index contributed by atoms with van der Waals surface area (Å²) in [6, 6.07) is 16.8. The number of nitrogens with zero attached hydrogens (tertiary/aromatic N) is 2. The third-order valence-corrected chi connectivity index (χ3v) is 4.88. The minimum Gasteiger partial charge on any atom is -0.494 e. The molecule has 3 nitrogen and oxygen atoms in total. The van der Waals surface area contributed by atoms with Crippen molar-refractivity contribution in [3.05, 3.63) is 54.7 Å². The second-order valence-corrected chi connectivity index (χ2v) is 6.55. The number of hydrogen-bond donors (Lipinski definition) is 0. The van der Waals surface area contributed by atoms with Gasteiger partial charge in [0.25, 0.3) is 0 Å². The number of hydrogen-bond acceptors (Lipinski definition) is 3. The van der Waals surface area contributed by atoms with Gasteiger partial charge in [-0.25, -0.2) is 0 Å². The molecule has 3 heteroatoms. The van der Waals surface area contributed by atoms with Crippen molar-refractivity contribution in [2.75, 3.05) is 24.6 Å². The van der Waals surface area contributed by atoms with Crippen molar-refractivity contribution >= 4 is 16.6 Å². The molecule has 1 aromatic heterocycles. The number of rotatable bonds is 4. The minimum absolute atomic E-state index is 0.677. The molecule has 0 unspecified atom stereocenters. The van der Waals surface area contributed by atoms with E-state index in [4.69, 9.17) is 9.72 Å². The lowest BCUT2D eigenvalue weighted by molar-refractivity contribution is 0.340. The molecule has 0 bridgehead atoms. The van der Waals surface area contributed by atoms with Crippen LogP contribution in [0.1, 0.15) is 26.2 Å². The van der Waals surface area contributed by atoms with E-state index >= 15 is 0 Å². The molecule has 0 N–H and O–H groups in total. The van der Waals surface area contributed by atoms with E-state index in [-0.39, 0.29) is 0 Å². The summed E-state index contributed by atoms with van der Waals surface area (Å²) in [7, 11) is 0. The summed E-state index contributed by atoms with van der Waals surface area (Å²) in [6.07, 6.45) is 5.86. The molecule has 2 aromatic carbocycles. The average Bonchev–Trinajstić information content (AvgIpc) is 2.68. The van der Waals surface area contributed by atoms with Crippen molar-refractivity contribution in [3.8, 4) is 16.9 Å². The third-order valence-electron chi connectivity index (χ3n) is 4.88. The van der Waals surface area contributed by atoms with Crippen LogP contribution >= 0.6 is 0 Å². The quantitative estimate of drug-likeness (QED) is 0.649. The Kier molecular flexibility index (Phi) is 4.55. The van der Waals surface area contributed by atoms with Crippen molar-refractivity contribution in [2.45, 2.75) is 26.2 Å². The van der Waals surface area contributed by atoms with Crippen molar-refractivity contribution in [1.29, 1.82) is 0 Å². The molecule has 3 aromatic rings. The van der Waals surface area contributed by atoms with E-state index in [1.807, 2.05) is 19.2 Å². The lowest BCUT2D eigenvalue weighted by Crippen LogP contribution is -2.30. The van der Waals surface area contributed by atoms with Gasteiger partial charge in [-0.2, -0.15) is 0 Å². The highest BCUT2D eigenvalue weighted by Crippen LogP contribution is 2.38. The second kappa shape index (κ2) is 7.14. The Balaban J connectivity index is 1.93. The first-order valence-electron chi connectivity index (χ1n) is 9.23. The topological polar surface area (TPSA) is 25.4 Å². The number of anilines is 1. The van der Waals surface area contributed by atoms with Gasteiger partial charge in [0.15, 0.2) is 0 Å². The first-order chi connectivity index (χ1) is 12.4. The van der Waals surface area contributed by atoms with Crippen LogP contribution in [0.4, 0.5) is 5.69 Å². The number of aromatic nitrogens is 1. The first kappa shape index (κ1) is 15.9. The molecule has 1 aliphatic rings. The summed E-state index contributed by atoms with van der Waals surface area (Å²) in [5.41, 5.74) is 4.77. The lowest BCUT2D eigenvalue weighted by Gasteiger charge is -2.31. The lowest BCUT2D eigenvalue weighted by atomic mass is 9.99. The Morgan fingerprint density at radius 1 is 1.00 bits per heavy atom. The van der Waals surface area contributed by atoms with Crippen LogP contribution in [0.15, 0.2) is 54.7 Å². The number of pyridine rings is 1. The van der Waals surface area contributed by atoms with E-state index in [1.165, 1.54) is 41.5 Å². The fraction of sp³-hybridized carbons (Fsp3) is 0.318. The molecular formula is C22H24N2O. The van der Waals surface area contributed by atoms with Gasteiger partial charge < -0.3 is 9.64 Å². The molecule has 0 spiro atoms. The van der Waals surface area contributed by atoms with Gasteiger partial charge in [0.2, 0.25) is 0 Å². The van der Waals surface area contributed by atoms with Gasteiger partial charge in [-0.1, -0.05) is 30.3 Å². The highest BCUT2D eigenvalue weighted by atomic mass is 16.5. The van der Waals surface area contributed by atoms with E-state index in [9.17, 15) is 0 Å². The van der Waals surface area contributed by atoms with Crippen LogP contribution in [0.25, 0.3) is 22.0 Å². The summed E-state index contributed by atoms with van der Waals surface area (Å²) in [4.78, 5) is 7.27. The van der Waals surface area contributed by atoms with Gasteiger partial charge >= 0.3 is 0 Å². The Morgan fingerprint density at radius 3 is 2.56 bits per heavy atom. The zero-order valence-corrected chi connectivity index (χ0v) is 14.7. The molecule has 1 saturated heterocycles. The maximum Gasteiger partial charge on any atom is 0.120 e. The zero-order valence-electron chi connectivity index (χ0n) is 14.7. The average molecular weight is 332 g/mol. The molecular weight excluding hydrogens is 308 g/mol. The smallest absolute Gasteiger partial charge is 0.120 e. The molecule has 1 aliphatic heterocycles. The highest BCUT2D eigenvalue weighted by molar-refractivity contribution is 6.00. The summed E-state index contributed by atoms with van der Waals surface area (Å²) >= 11 is 0. The maximum absolute atomic E-state index is 5.76. The minimum atomic E-state index is 0.677. The molecule has 128 valence electrons. The van der Waals surface area contributed by atoms with Crippen LogP contribution in [0.2, 0.25) is 0 Å². The van der Waals surface area contributed by atoms with Crippen LogP contribution in [-0.4, -0.2) is 24.7 Å². The van der Waals surface area contributed by atoms with Gasteiger partial charge in [-0.3, -0.25) is 4.98 Å². The fourth-order valence-electron chi connectivity index (χ4n) is 3.70. The van der Waals surface area contributed by atoms with Crippen LogP contribution in [0.3, 0.4) is 0 Å². The highest BCUT2D eigenvalue weighted by Gasteiger charge is 2.19. The van der Waals surface area contributed by atoms with E-state index in [2.05, 4.69) is 47.4 Å². The summed E-state index contributed by atoms with van der Waals surface area (Å²) < 4.78 is 5.76. The van der Waals surface area contributed by atoms with Crippen LogP contribution in [-0.2, 0) is 0 Å². The second-order valence-electron chi connectivity index (χ2n) is 6.55. The summed E-state index contributed by atoms with van der Waals surface area (Å²) in [6.45, 7) is 4.92. The van der Waals surface area contributed by atoms with Crippen LogP contribution in [0, 0.1) is 0 Å². The summed E-state index contributed by atoms with van der Waals surface area (Å²) in [5, 5.41) is 1.19.